The predicted octanol–water partition coefficient (Wildman–Crippen LogP) is 1.69. The van der Waals surface area contributed by atoms with Crippen molar-refractivity contribution in [2.75, 3.05) is 6.61 Å². The summed E-state index contributed by atoms with van der Waals surface area (Å²) in [4.78, 5) is 11.7. The van der Waals surface area contributed by atoms with E-state index < -0.39 is 15.9 Å². The van der Waals surface area contributed by atoms with E-state index in [4.69, 9.17) is 9.26 Å². The topological polar surface area (TPSA) is 98.5 Å². The number of nitrogens with one attached hydrogen (secondary N) is 1. The number of amides is 1. The first-order chi connectivity index (χ1) is 10.3. The molecule has 2 rings (SSSR count). The summed E-state index contributed by atoms with van der Waals surface area (Å²) in [5, 5.41) is 3.58. The molecule has 1 N–H and O–H groups in total. The predicted molar refractivity (Wildman–Crippen MR) is 78.7 cm³/mol. The van der Waals surface area contributed by atoms with Gasteiger partial charge in [-0.2, -0.15) is 0 Å². The molecule has 2 atom stereocenters. The van der Waals surface area contributed by atoms with E-state index in [0.717, 1.165) is 19.3 Å². The molecule has 1 aromatic rings. The fourth-order valence-corrected chi connectivity index (χ4v) is 4.11. The fourth-order valence-electron chi connectivity index (χ4n) is 2.81. The zero-order valence-electron chi connectivity index (χ0n) is 13.1. The largest absolute Gasteiger partial charge is 0.368 e. The molecular formula is C14H22N2O5S. The minimum absolute atomic E-state index is 0.0243. The molecule has 0 radical (unpaired) electrons. The Morgan fingerprint density at radius 3 is 2.73 bits per heavy atom. The molecule has 22 heavy (non-hydrogen) atoms. The lowest BCUT2D eigenvalue weighted by Crippen LogP contribution is -2.35. The monoisotopic (exact) mass is 330 g/mol. The summed E-state index contributed by atoms with van der Waals surface area (Å²) in [5.41, 5.74) is 0.222. The van der Waals surface area contributed by atoms with Crippen LogP contribution >= 0.6 is 0 Å². The molecule has 0 aliphatic heterocycles. The van der Waals surface area contributed by atoms with E-state index in [1.807, 2.05) is 4.72 Å². The number of ether oxygens (including phenoxy) is 1. The number of rotatable bonds is 5. The lowest BCUT2D eigenvalue weighted by atomic mass is 9.89. The lowest BCUT2D eigenvalue weighted by Gasteiger charge is -2.26. The average Bonchev–Trinajstić information content (AvgIpc) is 2.76. The number of hydrogen-bond acceptors (Lipinski definition) is 6. The number of carbonyl (C=O) groups excluding carboxylic acids is 1. The first-order valence-corrected chi connectivity index (χ1v) is 8.88. The van der Waals surface area contributed by atoms with Gasteiger partial charge in [-0.3, -0.25) is 4.79 Å². The van der Waals surface area contributed by atoms with Crippen molar-refractivity contribution in [1.29, 1.82) is 0 Å². The molecule has 0 aromatic carbocycles. The van der Waals surface area contributed by atoms with Gasteiger partial charge in [-0.15, -0.1) is 0 Å². The van der Waals surface area contributed by atoms with Crippen LogP contribution in [0.1, 0.15) is 44.1 Å². The Labute approximate surface area is 130 Å². The van der Waals surface area contributed by atoms with Crippen LogP contribution in [0.2, 0.25) is 0 Å². The Morgan fingerprint density at radius 1 is 1.41 bits per heavy atom. The molecule has 1 amide bonds. The Morgan fingerprint density at radius 2 is 2.14 bits per heavy atom. The maximum absolute atomic E-state index is 12.2. The highest BCUT2D eigenvalue weighted by atomic mass is 32.2. The maximum atomic E-state index is 12.2. The number of sulfonamides is 1. The summed E-state index contributed by atoms with van der Waals surface area (Å²) < 4.78 is 36.7. The third-order valence-electron chi connectivity index (χ3n) is 3.82. The minimum Gasteiger partial charge on any atom is -0.368 e. The van der Waals surface area contributed by atoms with Crippen molar-refractivity contribution in [2.45, 2.75) is 57.5 Å². The molecule has 0 spiro atoms. The van der Waals surface area contributed by atoms with Crippen LogP contribution in [0.15, 0.2) is 9.42 Å². The minimum atomic E-state index is -3.98. The molecule has 1 saturated carbocycles. The highest BCUT2D eigenvalue weighted by Gasteiger charge is 2.27. The van der Waals surface area contributed by atoms with Crippen LogP contribution in [0.3, 0.4) is 0 Å². The van der Waals surface area contributed by atoms with Crippen LogP contribution in [-0.4, -0.2) is 32.2 Å². The van der Waals surface area contributed by atoms with Crippen molar-refractivity contribution in [1.82, 2.24) is 9.88 Å². The van der Waals surface area contributed by atoms with Crippen molar-refractivity contribution in [2.24, 2.45) is 5.92 Å². The smallest absolute Gasteiger partial charge is 0.269 e. The first-order valence-electron chi connectivity index (χ1n) is 7.39. The van der Waals surface area contributed by atoms with Gasteiger partial charge in [-0.25, -0.2) is 13.1 Å². The summed E-state index contributed by atoms with van der Waals surface area (Å²) in [7, 11) is -3.98. The quantitative estimate of drug-likeness (QED) is 0.882. The van der Waals surface area contributed by atoms with Crippen LogP contribution in [0.4, 0.5) is 0 Å². The van der Waals surface area contributed by atoms with Crippen LogP contribution in [-0.2, 0) is 19.6 Å². The second-order valence-electron chi connectivity index (χ2n) is 5.89. The van der Waals surface area contributed by atoms with E-state index in [1.165, 1.54) is 20.3 Å². The summed E-state index contributed by atoms with van der Waals surface area (Å²) in [5.74, 6) is 0.0471. The van der Waals surface area contributed by atoms with Crippen LogP contribution < -0.4 is 4.72 Å². The van der Waals surface area contributed by atoms with E-state index >= 15 is 0 Å². The SMILES string of the molecule is Cc1noc(C)c1S(=O)(=O)NC(=O)COC1CCCC(C)C1. The lowest BCUT2D eigenvalue weighted by molar-refractivity contribution is -0.126. The zero-order chi connectivity index (χ0) is 16.3. The molecule has 2 unspecified atom stereocenters. The molecule has 8 heteroatoms. The summed E-state index contributed by atoms with van der Waals surface area (Å²) in [6.07, 6.45) is 4.09. The molecular weight excluding hydrogens is 308 g/mol. The van der Waals surface area contributed by atoms with Crippen LogP contribution in [0, 0.1) is 19.8 Å². The number of aromatic nitrogens is 1. The maximum Gasteiger partial charge on any atom is 0.269 e. The van der Waals surface area contributed by atoms with E-state index in [1.54, 1.807) is 0 Å². The van der Waals surface area contributed by atoms with E-state index in [2.05, 4.69) is 12.1 Å². The number of nitrogens with zero attached hydrogens (tertiary/aromatic N) is 1. The summed E-state index contributed by atoms with van der Waals surface area (Å²) >= 11 is 0. The van der Waals surface area contributed by atoms with E-state index in [0.29, 0.717) is 5.92 Å². The number of carbonyl (C=O) groups is 1. The van der Waals surface area contributed by atoms with Crippen LogP contribution in [0.25, 0.3) is 0 Å². The first kappa shape index (κ1) is 17.0. The highest BCUT2D eigenvalue weighted by molar-refractivity contribution is 7.90. The van der Waals surface area contributed by atoms with Crippen molar-refractivity contribution < 1.29 is 22.5 Å². The Balaban J connectivity index is 1.91. The van der Waals surface area contributed by atoms with Gasteiger partial charge in [-0.1, -0.05) is 24.9 Å². The third kappa shape index (κ3) is 4.07. The average molecular weight is 330 g/mol. The molecule has 1 aliphatic carbocycles. The molecule has 1 aliphatic rings. The van der Waals surface area contributed by atoms with Crippen molar-refractivity contribution in [3.8, 4) is 0 Å². The second kappa shape index (κ2) is 6.78. The van der Waals surface area contributed by atoms with Gasteiger partial charge in [0.1, 0.15) is 12.3 Å². The number of aryl methyl sites for hydroxylation is 2. The van der Waals surface area contributed by atoms with Crippen molar-refractivity contribution in [3.05, 3.63) is 11.5 Å². The van der Waals surface area contributed by atoms with Gasteiger partial charge >= 0.3 is 0 Å². The van der Waals surface area contributed by atoms with Crippen LogP contribution in [0.5, 0.6) is 0 Å². The van der Waals surface area contributed by atoms with Gasteiger partial charge in [0.2, 0.25) is 0 Å². The molecule has 1 heterocycles. The van der Waals surface area contributed by atoms with Gasteiger partial charge in [0.05, 0.1) is 6.10 Å². The van der Waals surface area contributed by atoms with E-state index in [-0.39, 0.29) is 29.1 Å². The van der Waals surface area contributed by atoms with Gasteiger partial charge in [0, 0.05) is 0 Å². The molecule has 0 bridgehead atoms. The van der Waals surface area contributed by atoms with Gasteiger partial charge in [0.25, 0.3) is 15.9 Å². The third-order valence-corrected chi connectivity index (χ3v) is 5.44. The summed E-state index contributed by atoms with van der Waals surface area (Å²) in [6.45, 7) is 4.88. The molecule has 1 aromatic heterocycles. The Kier molecular flexibility index (Phi) is 5.23. The number of hydrogen-bond donors (Lipinski definition) is 1. The van der Waals surface area contributed by atoms with Gasteiger partial charge in [-0.05, 0) is 32.6 Å². The fraction of sp³-hybridized carbons (Fsp3) is 0.714. The van der Waals surface area contributed by atoms with Crippen molar-refractivity contribution >= 4 is 15.9 Å². The standard InChI is InChI=1S/C14H22N2O5S/c1-9-5-4-6-12(7-9)20-8-13(17)16-22(18,19)14-10(2)15-21-11(14)3/h9,12H,4-8H2,1-3H3,(H,16,17). The van der Waals surface area contributed by atoms with Crippen molar-refractivity contribution in [3.63, 3.8) is 0 Å². The molecule has 1 fully saturated rings. The Bertz CT molecular complexity index is 618. The molecule has 124 valence electrons. The molecule has 0 saturated heterocycles. The summed E-state index contributed by atoms with van der Waals surface area (Å²) in [6, 6.07) is 0. The Hall–Kier alpha value is -1.41. The van der Waals surface area contributed by atoms with Gasteiger partial charge < -0.3 is 9.26 Å². The van der Waals surface area contributed by atoms with Gasteiger partial charge in [0.15, 0.2) is 10.7 Å². The highest BCUT2D eigenvalue weighted by Crippen LogP contribution is 2.25. The second-order valence-corrected chi connectivity index (χ2v) is 7.51. The van der Waals surface area contributed by atoms with E-state index in [9.17, 15) is 13.2 Å². The zero-order valence-corrected chi connectivity index (χ0v) is 13.9. The normalized spacial score (nSPS) is 22.5. The molecule has 7 nitrogen and oxygen atoms in total.